The molecule has 0 N–H and O–H groups in total. The monoisotopic (exact) mass is 326 g/mol. The molecule has 0 heterocycles. The molecule has 0 spiro atoms. The minimum absolute atomic E-state index is 0.174. The number of ether oxygens (including phenoxy) is 1. The lowest BCUT2D eigenvalue weighted by Crippen LogP contribution is -2.07. The highest BCUT2D eigenvalue weighted by molar-refractivity contribution is 9.10. The van der Waals surface area contributed by atoms with Crippen molar-refractivity contribution < 1.29 is 18.3 Å². The Morgan fingerprint density at radius 3 is 2.16 bits per heavy atom. The molecule has 0 aliphatic heterocycles. The number of benzene rings is 2. The van der Waals surface area contributed by atoms with Crippen molar-refractivity contribution in [3.63, 3.8) is 0 Å². The van der Waals surface area contributed by atoms with Crippen LogP contribution in [0, 0.1) is 11.6 Å². The van der Waals surface area contributed by atoms with Crippen LogP contribution in [-0.2, 0) is 0 Å². The van der Waals surface area contributed by atoms with Crippen molar-refractivity contribution >= 4 is 21.7 Å². The van der Waals surface area contributed by atoms with E-state index in [1.165, 1.54) is 31.4 Å². The predicted molar refractivity (Wildman–Crippen MR) is 70.5 cm³/mol. The SMILES string of the molecule is COc1ccc(C(=O)c2ccc(Br)cc2F)c(F)c1. The third-order valence-electron chi connectivity index (χ3n) is 2.60. The Morgan fingerprint density at radius 1 is 1.05 bits per heavy atom. The fourth-order valence-electron chi connectivity index (χ4n) is 1.63. The van der Waals surface area contributed by atoms with Gasteiger partial charge in [-0.15, -0.1) is 0 Å². The van der Waals surface area contributed by atoms with Crippen molar-refractivity contribution in [1.82, 2.24) is 0 Å². The largest absolute Gasteiger partial charge is 0.497 e. The van der Waals surface area contributed by atoms with Crippen LogP contribution >= 0.6 is 15.9 Å². The van der Waals surface area contributed by atoms with Gasteiger partial charge in [0.05, 0.1) is 18.2 Å². The molecule has 0 radical (unpaired) electrons. The summed E-state index contributed by atoms with van der Waals surface area (Å²) in [5, 5.41) is 0. The van der Waals surface area contributed by atoms with E-state index in [2.05, 4.69) is 15.9 Å². The highest BCUT2D eigenvalue weighted by Crippen LogP contribution is 2.22. The molecule has 0 aliphatic carbocycles. The maximum atomic E-state index is 13.8. The molecule has 2 aromatic rings. The highest BCUT2D eigenvalue weighted by Gasteiger charge is 2.18. The number of carbonyl (C=O) groups is 1. The van der Waals surface area contributed by atoms with Crippen molar-refractivity contribution in [3.8, 4) is 5.75 Å². The highest BCUT2D eigenvalue weighted by atomic mass is 79.9. The molecule has 5 heteroatoms. The second-order valence-electron chi connectivity index (χ2n) is 3.80. The number of ketones is 1. The van der Waals surface area contributed by atoms with E-state index in [9.17, 15) is 13.6 Å². The Kier molecular flexibility index (Phi) is 3.95. The Morgan fingerprint density at radius 2 is 1.63 bits per heavy atom. The van der Waals surface area contributed by atoms with Gasteiger partial charge in [0.15, 0.2) is 5.78 Å². The summed E-state index contributed by atoms with van der Waals surface area (Å²) in [6.45, 7) is 0. The Hall–Kier alpha value is -1.75. The van der Waals surface area contributed by atoms with Crippen LogP contribution in [-0.4, -0.2) is 12.9 Å². The fourth-order valence-corrected chi connectivity index (χ4v) is 1.96. The van der Waals surface area contributed by atoms with Crippen molar-refractivity contribution in [2.45, 2.75) is 0 Å². The smallest absolute Gasteiger partial charge is 0.198 e. The first-order valence-corrected chi connectivity index (χ1v) is 6.15. The summed E-state index contributed by atoms with van der Waals surface area (Å²) in [5.74, 6) is -1.85. The normalized spacial score (nSPS) is 10.3. The van der Waals surface area contributed by atoms with E-state index < -0.39 is 17.4 Å². The van der Waals surface area contributed by atoms with Gasteiger partial charge in [0.1, 0.15) is 17.4 Å². The summed E-state index contributed by atoms with van der Waals surface area (Å²) in [5.41, 5.74) is -0.366. The van der Waals surface area contributed by atoms with Gasteiger partial charge in [0.25, 0.3) is 0 Å². The number of methoxy groups -OCH3 is 1. The zero-order valence-corrected chi connectivity index (χ0v) is 11.5. The number of carbonyl (C=O) groups excluding carboxylic acids is 1. The molecule has 0 aromatic heterocycles. The Bertz CT molecular complexity index is 641. The summed E-state index contributed by atoms with van der Waals surface area (Å²) < 4.78 is 32.8. The molecule has 0 saturated heterocycles. The van der Waals surface area contributed by atoms with Crippen LogP contribution in [0.2, 0.25) is 0 Å². The first-order valence-electron chi connectivity index (χ1n) is 5.36. The molecular formula is C14H9BrF2O2. The second-order valence-corrected chi connectivity index (χ2v) is 4.71. The minimum Gasteiger partial charge on any atom is -0.497 e. The summed E-state index contributed by atoms with van der Waals surface area (Å²) in [4.78, 5) is 12.1. The van der Waals surface area contributed by atoms with Gasteiger partial charge in [-0.25, -0.2) is 8.78 Å². The molecule has 98 valence electrons. The van der Waals surface area contributed by atoms with Gasteiger partial charge >= 0.3 is 0 Å². The van der Waals surface area contributed by atoms with Crippen molar-refractivity contribution in [3.05, 3.63) is 63.6 Å². The lowest BCUT2D eigenvalue weighted by atomic mass is 10.0. The Labute approximate surface area is 117 Å². The zero-order valence-electron chi connectivity index (χ0n) is 9.91. The average Bonchev–Trinajstić information content (AvgIpc) is 2.37. The topological polar surface area (TPSA) is 26.3 Å². The van der Waals surface area contributed by atoms with E-state index in [0.29, 0.717) is 10.2 Å². The van der Waals surface area contributed by atoms with Crippen LogP contribution in [0.1, 0.15) is 15.9 Å². The van der Waals surface area contributed by atoms with Crippen LogP contribution in [0.15, 0.2) is 40.9 Å². The molecule has 2 nitrogen and oxygen atoms in total. The molecule has 0 fully saturated rings. The lowest BCUT2D eigenvalue weighted by Gasteiger charge is -2.06. The lowest BCUT2D eigenvalue weighted by molar-refractivity contribution is 0.103. The van der Waals surface area contributed by atoms with Crippen molar-refractivity contribution in [2.24, 2.45) is 0 Å². The van der Waals surface area contributed by atoms with Gasteiger partial charge < -0.3 is 4.74 Å². The van der Waals surface area contributed by atoms with Crippen molar-refractivity contribution in [1.29, 1.82) is 0 Å². The van der Waals surface area contributed by atoms with Gasteiger partial charge in [-0.05, 0) is 30.3 Å². The molecule has 2 rings (SSSR count). The standard InChI is InChI=1S/C14H9BrF2O2/c1-19-9-3-5-11(13(17)7-9)14(18)10-4-2-8(15)6-12(10)16/h2-7H,1H3. The van der Waals surface area contributed by atoms with E-state index in [4.69, 9.17) is 4.74 Å². The van der Waals surface area contributed by atoms with Crippen LogP contribution in [0.5, 0.6) is 5.75 Å². The maximum absolute atomic E-state index is 13.8. The van der Waals surface area contributed by atoms with E-state index in [1.54, 1.807) is 0 Å². The molecule has 0 unspecified atom stereocenters. The summed E-state index contributed by atoms with van der Waals surface area (Å²) in [6, 6.07) is 7.81. The molecule has 0 atom stereocenters. The van der Waals surface area contributed by atoms with E-state index in [0.717, 1.165) is 12.1 Å². The summed E-state index contributed by atoms with van der Waals surface area (Å²) in [7, 11) is 1.39. The number of hydrogen-bond donors (Lipinski definition) is 0. The number of hydrogen-bond acceptors (Lipinski definition) is 2. The summed E-state index contributed by atoms with van der Waals surface area (Å²) in [6.07, 6.45) is 0. The molecule has 2 aromatic carbocycles. The van der Waals surface area contributed by atoms with Crippen LogP contribution in [0.4, 0.5) is 8.78 Å². The third kappa shape index (κ3) is 2.81. The van der Waals surface area contributed by atoms with E-state index in [-0.39, 0.29) is 11.1 Å². The fraction of sp³-hybridized carbons (Fsp3) is 0.0714. The predicted octanol–water partition coefficient (Wildman–Crippen LogP) is 3.97. The molecule has 0 aliphatic rings. The second kappa shape index (κ2) is 5.48. The number of rotatable bonds is 3. The first kappa shape index (κ1) is 13.7. The molecule has 0 amide bonds. The van der Waals surface area contributed by atoms with Crippen LogP contribution < -0.4 is 4.74 Å². The molecule has 0 saturated carbocycles. The molecule has 19 heavy (non-hydrogen) atoms. The maximum Gasteiger partial charge on any atom is 0.198 e. The van der Waals surface area contributed by atoms with Gasteiger partial charge in [-0.2, -0.15) is 0 Å². The van der Waals surface area contributed by atoms with Gasteiger partial charge in [-0.3, -0.25) is 4.79 Å². The quantitative estimate of drug-likeness (QED) is 0.798. The summed E-state index contributed by atoms with van der Waals surface area (Å²) >= 11 is 3.09. The van der Waals surface area contributed by atoms with Gasteiger partial charge in [0, 0.05) is 10.5 Å². The third-order valence-corrected chi connectivity index (χ3v) is 3.09. The van der Waals surface area contributed by atoms with Crippen molar-refractivity contribution in [2.75, 3.05) is 7.11 Å². The zero-order chi connectivity index (χ0) is 14.0. The van der Waals surface area contributed by atoms with Crippen LogP contribution in [0.3, 0.4) is 0 Å². The van der Waals surface area contributed by atoms with E-state index in [1.807, 2.05) is 0 Å². The number of halogens is 3. The molecule has 0 bridgehead atoms. The molecular weight excluding hydrogens is 318 g/mol. The van der Waals surface area contributed by atoms with Gasteiger partial charge in [-0.1, -0.05) is 15.9 Å². The van der Waals surface area contributed by atoms with Gasteiger partial charge in [0.2, 0.25) is 0 Å². The minimum atomic E-state index is -0.744. The average molecular weight is 327 g/mol. The van der Waals surface area contributed by atoms with E-state index >= 15 is 0 Å². The van der Waals surface area contributed by atoms with Crippen LogP contribution in [0.25, 0.3) is 0 Å². The Balaban J connectivity index is 2.44. The first-order chi connectivity index (χ1) is 9.02.